The van der Waals surface area contributed by atoms with E-state index in [1.807, 2.05) is 13.2 Å². The standard InChI is InChI=1S/C20H35N5O2/c1-5-21-18(22-14-19(3,26)15-12-23-25(4)13-15)24-16-11-17(27-6-2)20(16)9-7-8-10-20/h12-13,16-17,26H,5-11,14H2,1-4H3,(H2,21,22,24). The van der Waals surface area contributed by atoms with Crippen LogP contribution in [0.3, 0.4) is 0 Å². The zero-order valence-electron chi connectivity index (χ0n) is 17.2. The second kappa shape index (κ2) is 8.19. The minimum atomic E-state index is -1.05. The van der Waals surface area contributed by atoms with Crippen LogP contribution >= 0.6 is 0 Å². The molecule has 0 amide bonds. The number of hydrogen-bond acceptors (Lipinski definition) is 4. The summed E-state index contributed by atoms with van der Waals surface area (Å²) in [6.45, 7) is 7.77. The zero-order chi connectivity index (χ0) is 19.5. The Morgan fingerprint density at radius 1 is 1.44 bits per heavy atom. The molecular formula is C20H35N5O2. The van der Waals surface area contributed by atoms with Gasteiger partial charge in [-0.3, -0.25) is 4.68 Å². The molecule has 2 fully saturated rings. The van der Waals surface area contributed by atoms with E-state index in [2.05, 4.69) is 34.6 Å². The Kier molecular flexibility index (Phi) is 6.11. The Morgan fingerprint density at radius 2 is 2.19 bits per heavy atom. The van der Waals surface area contributed by atoms with E-state index in [9.17, 15) is 5.11 Å². The van der Waals surface area contributed by atoms with Crippen LogP contribution in [0.2, 0.25) is 0 Å². The Bertz CT molecular complexity index is 649. The monoisotopic (exact) mass is 377 g/mol. The summed E-state index contributed by atoms with van der Waals surface area (Å²) in [7, 11) is 1.85. The molecular weight excluding hydrogens is 342 g/mol. The van der Waals surface area contributed by atoms with Crippen molar-refractivity contribution in [1.82, 2.24) is 20.4 Å². The number of aromatic nitrogens is 2. The Hall–Kier alpha value is -1.60. The highest BCUT2D eigenvalue weighted by Gasteiger charge is 2.57. The molecule has 1 aromatic heterocycles. The SMILES string of the molecule is CCNC(=NCC(C)(O)c1cnn(C)c1)NC1CC(OCC)C12CCCC2. The zero-order valence-corrected chi connectivity index (χ0v) is 17.2. The van der Waals surface area contributed by atoms with Crippen LogP contribution in [-0.4, -0.2) is 52.7 Å². The van der Waals surface area contributed by atoms with Gasteiger partial charge in [-0.1, -0.05) is 12.8 Å². The maximum Gasteiger partial charge on any atom is 0.191 e. The average Bonchev–Trinajstić information content (AvgIpc) is 3.29. The highest BCUT2D eigenvalue weighted by atomic mass is 16.5. The second-order valence-corrected chi connectivity index (χ2v) is 8.19. The van der Waals surface area contributed by atoms with Gasteiger partial charge in [-0.05, 0) is 40.0 Å². The number of nitrogens with one attached hydrogen (secondary N) is 2. The molecule has 27 heavy (non-hydrogen) atoms. The fourth-order valence-corrected chi connectivity index (χ4v) is 4.60. The van der Waals surface area contributed by atoms with Crippen molar-refractivity contribution in [1.29, 1.82) is 0 Å². The molecule has 1 spiro atoms. The van der Waals surface area contributed by atoms with Crippen molar-refractivity contribution < 1.29 is 9.84 Å². The van der Waals surface area contributed by atoms with E-state index in [1.165, 1.54) is 25.7 Å². The summed E-state index contributed by atoms with van der Waals surface area (Å²) >= 11 is 0. The number of aryl methyl sites for hydroxylation is 1. The molecule has 2 saturated carbocycles. The Labute approximate surface area is 162 Å². The molecule has 3 atom stereocenters. The first-order valence-corrected chi connectivity index (χ1v) is 10.3. The van der Waals surface area contributed by atoms with Gasteiger partial charge in [0.25, 0.3) is 0 Å². The van der Waals surface area contributed by atoms with Gasteiger partial charge in [-0.25, -0.2) is 4.99 Å². The first-order valence-electron chi connectivity index (χ1n) is 10.3. The van der Waals surface area contributed by atoms with Crippen molar-refractivity contribution in [2.24, 2.45) is 17.5 Å². The molecule has 2 aliphatic carbocycles. The summed E-state index contributed by atoms with van der Waals surface area (Å²) < 4.78 is 7.71. The molecule has 1 aromatic rings. The topological polar surface area (TPSA) is 83.7 Å². The third-order valence-electron chi connectivity index (χ3n) is 6.21. The number of rotatable bonds is 7. The maximum absolute atomic E-state index is 10.8. The van der Waals surface area contributed by atoms with Crippen LogP contribution in [0, 0.1) is 5.41 Å². The average molecular weight is 378 g/mol. The highest BCUT2D eigenvalue weighted by Crippen LogP contribution is 2.54. The van der Waals surface area contributed by atoms with Gasteiger partial charge in [-0.2, -0.15) is 5.10 Å². The largest absolute Gasteiger partial charge is 0.383 e. The third kappa shape index (κ3) is 4.14. The van der Waals surface area contributed by atoms with Crippen LogP contribution in [0.4, 0.5) is 0 Å². The summed E-state index contributed by atoms with van der Waals surface area (Å²) in [5, 5.41) is 21.9. The van der Waals surface area contributed by atoms with E-state index >= 15 is 0 Å². The number of aliphatic imine (C=N–C) groups is 1. The van der Waals surface area contributed by atoms with Crippen LogP contribution < -0.4 is 10.6 Å². The molecule has 0 bridgehead atoms. The highest BCUT2D eigenvalue weighted by molar-refractivity contribution is 5.80. The van der Waals surface area contributed by atoms with Crippen molar-refractivity contribution in [3.8, 4) is 0 Å². The van der Waals surface area contributed by atoms with E-state index in [1.54, 1.807) is 17.8 Å². The van der Waals surface area contributed by atoms with Crippen molar-refractivity contribution in [2.45, 2.75) is 70.6 Å². The maximum atomic E-state index is 10.8. The first kappa shape index (κ1) is 20.1. The third-order valence-corrected chi connectivity index (χ3v) is 6.21. The molecule has 7 nitrogen and oxygen atoms in total. The number of nitrogens with zero attached hydrogens (tertiary/aromatic N) is 3. The minimum Gasteiger partial charge on any atom is -0.383 e. The summed E-state index contributed by atoms with van der Waals surface area (Å²) in [5.74, 6) is 0.771. The summed E-state index contributed by atoms with van der Waals surface area (Å²) in [4.78, 5) is 4.68. The predicted octanol–water partition coefficient (Wildman–Crippen LogP) is 1.92. The second-order valence-electron chi connectivity index (χ2n) is 8.19. The number of hydrogen-bond donors (Lipinski definition) is 3. The fraction of sp³-hybridized carbons (Fsp3) is 0.800. The van der Waals surface area contributed by atoms with Gasteiger partial charge in [0.05, 0.1) is 18.8 Å². The van der Waals surface area contributed by atoms with Crippen molar-refractivity contribution in [3.05, 3.63) is 18.0 Å². The van der Waals surface area contributed by atoms with E-state index in [-0.39, 0.29) is 12.0 Å². The predicted molar refractivity (Wildman–Crippen MR) is 107 cm³/mol. The van der Waals surface area contributed by atoms with Crippen molar-refractivity contribution in [3.63, 3.8) is 0 Å². The van der Waals surface area contributed by atoms with Crippen LogP contribution in [0.1, 0.15) is 58.4 Å². The molecule has 0 aliphatic heterocycles. The van der Waals surface area contributed by atoms with E-state index < -0.39 is 5.60 Å². The normalized spacial score (nSPS) is 26.6. The number of aliphatic hydroxyl groups is 1. The number of ether oxygens (including phenoxy) is 1. The smallest absolute Gasteiger partial charge is 0.191 e. The van der Waals surface area contributed by atoms with E-state index in [0.717, 1.165) is 31.1 Å². The minimum absolute atomic E-state index is 0.248. The van der Waals surface area contributed by atoms with Gasteiger partial charge in [-0.15, -0.1) is 0 Å². The van der Waals surface area contributed by atoms with E-state index in [0.29, 0.717) is 12.1 Å². The van der Waals surface area contributed by atoms with Gasteiger partial charge in [0.2, 0.25) is 0 Å². The van der Waals surface area contributed by atoms with Crippen LogP contribution in [0.5, 0.6) is 0 Å². The van der Waals surface area contributed by atoms with Gasteiger partial charge in [0.15, 0.2) is 5.96 Å². The lowest BCUT2D eigenvalue weighted by molar-refractivity contribution is -0.125. The van der Waals surface area contributed by atoms with Gasteiger partial charge in [0, 0.05) is 43.4 Å². The van der Waals surface area contributed by atoms with Crippen molar-refractivity contribution >= 4 is 5.96 Å². The van der Waals surface area contributed by atoms with Gasteiger partial charge >= 0.3 is 0 Å². The lowest BCUT2D eigenvalue weighted by Gasteiger charge is -2.54. The van der Waals surface area contributed by atoms with Crippen LogP contribution in [0.25, 0.3) is 0 Å². The molecule has 0 aromatic carbocycles. The molecule has 3 rings (SSSR count). The summed E-state index contributed by atoms with van der Waals surface area (Å²) in [6, 6.07) is 0.387. The van der Waals surface area contributed by atoms with Crippen LogP contribution in [-0.2, 0) is 17.4 Å². The van der Waals surface area contributed by atoms with E-state index in [4.69, 9.17) is 4.74 Å². The Morgan fingerprint density at radius 3 is 2.78 bits per heavy atom. The quantitative estimate of drug-likeness (QED) is 0.499. The summed E-state index contributed by atoms with van der Waals surface area (Å²) in [5.41, 5.74) is -0.0235. The lowest BCUT2D eigenvalue weighted by Crippen LogP contribution is -2.65. The molecule has 0 radical (unpaired) electrons. The number of guanidine groups is 1. The molecule has 2 aliphatic rings. The molecule has 1 heterocycles. The van der Waals surface area contributed by atoms with Gasteiger partial charge < -0.3 is 20.5 Å². The first-order chi connectivity index (χ1) is 12.9. The molecule has 7 heteroatoms. The Balaban J connectivity index is 1.67. The molecule has 0 saturated heterocycles. The lowest BCUT2D eigenvalue weighted by atomic mass is 9.60. The van der Waals surface area contributed by atoms with Crippen molar-refractivity contribution in [2.75, 3.05) is 19.7 Å². The molecule has 3 unspecified atom stereocenters. The summed E-state index contributed by atoms with van der Waals surface area (Å²) in [6.07, 6.45) is 9.94. The molecule has 3 N–H and O–H groups in total. The molecule has 152 valence electrons. The van der Waals surface area contributed by atoms with Crippen LogP contribution in [0.15, 0.2) is 17.4 Å². The van der Waals surface area contributed by atoms with Gasteiger partial charge in [0.1, 0.15) is 5.60 Å². The fourth-order valence-electron chi connectivity index (χ4n) is 4.60.